The molecular formula is C21H26FN4O3+. The summed E-state index contributed by atoms with van der Waals surface area (Å²) in [6.45, 7) is 5.75. The largest absolute Gasteiger partial charge is 0.326 e. The van der Waals surface area contributed by atoms with Gasteiger partial charge in [0.1, 0.15) is 5.82 Å². The van der Waals surface area contributed by atoms with Crippen molar-refractivity contribution < 1.29 is 23.7 Å². The summed E-state index contributed by atoms with van der Waals surface area (Å²) in [7, 11) is 0. The van der Waals surface area contributed by atoms with Crippen LogP contribution in [-0.4, -0.2) is 36.9 Å². The Bertz CT molecular complexity index is 853. The van der Waals surface area contributed by atoms with E-state index in [1.54, 1.807) is 31.2 Å². The SMILES string of the molecule is CC[NH+](CC(=O)Nc1ccc(NC(C)=O)cc1)[C@@H](C)C(=O)Nc1ccc(F)cc1. The Kier molecular flexibility index (Phi) is 7.85. The van der Waals surface area contributed by atoms with Crippen molar-refractivity contribution >= 4 is 34.8 Å². The third kappa shape index (κ3) is 7.00. The lowest BCUT2D eigenvalue weighted by atomic mass is 10.2. The first-order valence-corrected chi connectivity index (χ1v) is 9.37. The van der Waals surface area contributed by atoms with Crippen LogP contribution in [0.25, 0.3) is 0 Å². The average Bonchev–Trinajstić information content (AvgIpc) is 2.68. The summed E-state index contributed by atoms with van der Waals surface area (Å²) in [5.74, 6) is -1.02. The zero-order chi connectivity index (χ0) is 21.4. The van der Waals surface area contributed by atoms with E-state index in [9.17, 15) is 18.8 Å². The number of likely N-dealkylation sites (N-methyl/N-ethyl adjacent to an activating group) is 1. The number of benzene rings is 2. The van der Waals surface area contributed by atoms with E-state index in [2.05, 4.69) is 16.0 Å². The van der Waals surface area contributed by atoms with Crippen LogP contribution in [0.1, 0.15) is 20.8 Å². The first kappa shape index (κ1) is 22.0. The summed E-state index contributed by atoms with van der Waals surface area (Å²) in [6.07, 6.45) is 0. The van der Waals surface area contributed by atoms with E-state index in [-0.39, 0.29) is 30.1 Å². The first-order chi connectivity index (χ1) is 13.8. The molecule has 0 bridgehead atoms. The van der Waals surface area contributed by atoms with Gasteiger partial charge < -0.3 is 20.9 Å². The summed E-state index contributed by atoms with van der Waals surface area (Å²) in [5.41, 5.74) is 1.74. The Balaban J connectivity index is 1.91. The molecule has 1 unspecified atom stereocenters. The maximum Gasteiger partial charge on any atom is 0.282 e. The maximum absolute atomic E-state index is 13.0. The van der Waals surface area contributed by atoms with Gasteiger partial charge in [0.2, 0.25) is 5.91 Å². The number of hydrogen-bond donors (Lipinski definition) is 4. The number of carbonyl (C=O) groups excluding carboxylic acids is 3. The van der Waals surface area contributed by atoms with Crippen LogP contribution in [0.15, 0.2) is 48.5 Å². The molecule has 7 nitrogen and oxygen atoms in total. The fraction of sp³-hybridized carbons (Fsp3) is 0.286. The highest BCUT2D eigenvalue weighted by Gasteiger charge is 2.26. The van der Waals surface area contributed by atoms with E-state index in [1.807, 2.05) is 6.92 Å². The maximum atomic E-state index is 13.0. The molecule has 154 valence electrons. The Labute approximate surface area is 169 Å². The van der Waals surface area contributed by atoms with Crippen molar-refractivity contribution in [2.45, 2.75) is 26.8 Å². The first-order valence-electron chi connectivity index (χ1n) is 9.37. The Hall–Kier alpha value is -3.26. The fourth-order valence-electron chi connectivity index (χ4n) is 2.80. The van der Waals surface area contributed by atoms with Crippen molar-refractivity contribution in [1.82, 2.24) is 0 Å². The summed E-state index contributed by atoms with van der Waals surface area (Å²) in [4.78, 5) is 36.7. The summed E-state index contributed by atoms with van der Waals surface area (Å²) >= 11 is 0. The molecule has 2 rings (SSSR count). The van der Waals surface area contributed by atoms with E-state index in [1.165, 1.54) is 31.2 Å². The van der Waals surface area contributed by atoms with Crippen LogP contribution in [-0.2, 0) is 14.4 Å². The Morgan fingerprint density at radius 3 is 1.90 bits per heavy atom. The van der Waals surface area contributed by atoms with Crippen molar-refractivity contribution in [2.75, 3.05) is 29.0 Å². The predicted molar refractivity (Wildman–Crippen MR) is 110 cm³/mol. The van der Waals surface area contributed by atoms with Crippen molar-refractivity contribution in [3.05, 3.63) is 54.3 Å². The minimum atomic E-state index is -0.474. The van der Waals surface area contributed by atoms with Gasteiger partial charge in [-0.2, -0.15) is 0 Å². The zero-order valence-electron chi connectivity index (χ0n) is 16.7. The lowest BCUT2D eigenvalue weighted by Gasteiger charge is -2.23. The van der Waals surface area contributed by atoms with Crippen molar-refractivity contribution in [3.63, 3.8) is 0 Å². The smallest absolute Gasteiger partial charge is 0.282 e. The zero-order valence-corrected chi connectivity index (χ0v) is 16.7. The van der Waals surface area contributed by atoms with E-state index in [0.29, 0.717) is 23.6 Å². The van der Waals surface area contributed by atoms with E-state index < -0.39 is 6.04 Å². The number of anilines is 3. The van der Waals surface area contributed by atoms with Gasteiger partial charge in [0.15, 0.2) is 12.6 Å². The monoisotopic (exact) mass is 401 g/mol. The quantitative estimate of drug-likeness (QED) is 0.542. The molecular weight excluding hydrogens is 375 g/mol. The van der Waals surface area contributed by atoms with Crippen LogP contribution in [0.3, 0.4) is 0 Å². The van der Waals surface area contributed by atoms with Crippen LogP contribution >= 0.6 is 0 Å². The lowest BCUT2D eigenvalue weighted by Crippen LogP contribution is -3.17. The number of halogens is 1. The number of rotatable bonds is 8. The molecule has 0 aliphatic carbocycles. The van der Waals surface area contributed by atoms with Crippen LogP contribution in [0, 0.1) is 5.82 Å². The molecule has 0 spiro atoms. The van der Waals surface area contributed by atoms with Crippen molar-refractivity contribution in [1.29, 1.82) is 0 Å². The van der Waals surface area contributed by atoms with Gasteiger partial charge in [-0.3, -0.25) is 14.4 Å². The third-order valence-corrected chi connectivity index (χ3v) is 4.45. The van der Waals surface area contributed by atoms with E-state index in [4.69, 9.17) is 0 Å². The number of carbonyl (C=O) groups is 3. The van der Waals surface area contributed by atoms with E-state index in [0.717, 1.165) is 4.90 Å². The fourth-order valence-corrected chi connectivity index (χ4v) is 2.80. The highest BCUT2D eigenvalue weighted by atomic mass is 19.1. The van der Waals surface area contributed by atoms with Gasteiger partial charge in [0.05, 0.1) is 6.54 Å². The summed E-state index contributed by atoms with van der Waals surface area (Å²) in [6, 6.07) is 11.8. The average molecular weight is 401 g/mol. The Morgan fingerprint density at radius 1 is 0.897 bits per heavy atom. The van der Waals surface area contributed by atoms with Gasteiger partial charge >= 0.3 is 0 Å². The molecule has 0 aliphatic heterocycles. The van der Waals surface area contributed by atoms with Gasteiger partial charge in [-0.05, 0) is 62.4 Å². The Morgan fingerprint density at radius 2 is 1.38 bits per heavy atom. The molecule has 0 aromatic heterocycles. The molecule has 2 aromatic rings. The van der Waals surface area contributed by atoms with Gasteiger partial charge in [-0.15, -0.1) is 0 Å². The molecule has 0 heterocycles. The lowest BCUT2D eigenvalue weighted by molar-refractivity contribution is -0.904. The third-order valence-electron chi connectivity index (χ3n) is 4.45. The van der Waals surface area contributed by atoms with Gasteiger partial charge in [-0.25, -0.2) is 4.39 Å². The van der Waals surface area contributed by atoms with Gasteiger partial charge in [0, 0.05) is 24.0 Å². The van der Waals surface area contributed by atoms with Gasteiger partial charge in [-0.1, -0.05) is 0 Å². The van der Waals surface area contributed by atoms with Crippen LogP contribution in [0.4, 0.5) is 21.5 Å². The molecule has 4 N–H and O–H groups in total. The summed E-state index contributed by atoms with van der Waals surface area (Å²) < 4.78 is 13.0. The molecule has 2 aromatic carbocycles. The standard InChI is InChI=1S/C21H25FN4O3/c1-4-26(14(2)21(29)25-19-7-5-16(22)6-8-19)13-20(28)24-18-11-9-17(10-12-18)23-15(3)27/h5-12,14H,4,13H2,1-3H3,(H,23,27)(H,24,28)(H,25,29)/p+1/t14-/m0/s1. The summed E-state index contributed by atoms with van der Waals surface area (Å²) in [5, 5.41) is 8.18. The molecule has 3 amide bonds. The molecule has 2 atom stereocenters. The normalized spacial score (nSPS) is 12.6. The highest BCUT2D eigenvalue weighted by molar-refractivity contribution is 5.95. The van der Waals surface area contributed by atoms with Gasteiger partial charge in [0.25, 0.3) is 11.8 Å². The number of nitrogens with one attached hydrogen (secondary N) is 4. The number of quaternary nitrogens is 1. The molecule has 29 heavy (non-hydrogen) atoms. The minimum Gasteiger partial charge on any atom is -0.326 e. The molecule has 0 aliphatic rings. The van der Waals surface area contributed by atoms with Crippen LogP contribution < -0.4 is 20.9 Å². The topological polar surface area (TPSA) is 91.7 Å². The van der Waals surface area contributed by atoms with E-state index >= 15 is 0 Å². The van der Waals surface area contributed by atoms with Crippen molar-refractivity contribution in [2.24, 2.45) is 0 Å². The number of amides is 3. The molecule has 0 saturated heterocycles. The predicted octanol–water partition coefficient (Wildman–Crippen LogP) is 1.65. The second-order valence-electron chi connectivity index (χ2n) is 6.71. The number of hydrogen-bond acceptors (Lipinski definition) is 3. The second kappa shape index (κ2) is 10.3. The molecule has 0 saturated carbocycles. The minimum absolute atomic E-state index is 0.113. The highest BCUT2D eigenvalue weighted by Crippen LogP contribution is 2.13. The van der Waals surface area contributed by atoms with Crippen LogP contribution in [0.2, 0.25) is 0 Å². The molecule has 8 heteroatoms. The second-order valence-corrected chi connectivity index (χ2v) is 6.71. The molecule has 0 radical (unpaired) electrons. The molecule has 0 fully saturated rings. The van der Waals surface area contributed by atoms with Crippen LogP contribution in [0.5, 0.6) is 0 Å². The van der Waals surface area contributed by atoms with Crippen molar-refractivity contribution in [3.8, 4) is 0 Å².